The van der Waals surface area contributed by atoms with Crippen LogP contribution in [-0.4, -0.2) is 17.5 Å². The van der Waals surface area contributed by atoms with Gasteiger partial charge in [0.1, 0.15) is 5.75 Å². The highest BCUT2D eigenvalue weighted by Crippen LogP contribution is 2.37. The molecule has 1 saturated carbocycles. The first-order valence-electron chi connectivity index (χ1n) is 10.3. The van der Waals surface area contributed by atoms with Crippen LogP contribution < -0.4 is 16.2 Å². The van der Waals surface area contributed by atoms with Gasteiger partial charge in [-0.1, -0.05) is 56.0 Å². The average molecular weight is 389 g/mol. The molecule has 2 aromatic carbocycles. The summed E-state index contributed by atoms with van der Waals surface area (Å²) in [6.45, 7) is 0.282. The quantitative estimate of drug-likeness (QED) is 0.640. The van der Waals surface area contributed by atoms with Gasteiger partial charge in [0.25, 0.3) is 5.91 Å². The molecule has 1 aromatic heterocycles. The normalized spacial score (nSPS) is 14.4. The monoisotopic (exact) mass is 389 g/mol. The molecule has 0 unspecified atom stereocenters. The summed E-state index contributed by atoms with van der Waals surface area (Å²) in [5.41, 5.74) is 16.8. The fraction of sp³-hybridized carbons (Fsp3) is 0.333. The molecule has 5 nitrogen and oxygen atoms in total. The third-order valence-corrected chi connectivity index (χ3v) is 5.75. The Kier molecular flexibility index (Phi) is 5.76. The third kappa shape index (κ3) is 4.25. The van der Waals surface area contributed by atoms with Gasteiger partial charge in [-0.3, -0.25) is 9.78 Å². The van der Waals surface area contributed by atoms with Gasteiger partial charge in [-0.25, -0.2) is 0 Å². The molecule has 5 heteroatoms. The lowest BCUT2D eigenvalue weighted by Gasteiger charge is -2.19. The number of nitrogens with two attached hydrogens (primary N) is 2. The van der Waals surface area contributed by atoms with E-state index >= 15 is 0 Å². The van der Waals surface area contributed by atoms with E-state index in [1.807, 2.05) is 36.4 Å². The number of fused-ring (bicyclic) bond motifs is 1. The van der Waals surface area contributed by atoms with Gasteiger partial charge in [-0.05, 0) is 47.2 Å². The number of primary amides is 1. The summed E-state index contributed by atoms with van der Waals surface area (Å²) in [6.07, 6.45) is 6.13. The number of hydrogen-bond acceptors (Lipinski definition) is 4. The van der Waals surface area contributed by atoms with Gasteiger partial charge >= 0.3 is 0 Å². The molecule has 4 N–H and O–H groups in total. The Morgan fingerprint density at radius 3 is 2.55 bits per heavy atom. The van der Waals surface area contributed by atoms with Crippen LogP contribution in [0.15, 0.2) is 48.5 Å². The number of ether oxygens (including phenoxy) is 1. The van der Waals surface area contributed by atoms with E-state index < -0.39 is 5.91 Å². The minimum atomic E-state index is -0.499. The second-order valence-electron chi connectivity index (χ2n) is 7.77. The Balaban J connectivity index is 1.87. The highest BCUT2D eigenvalue weighted by molar-refractivity contribution is 5.97. The molecule has 1 heterocycles. The van der Waals surface area contributed by atoms with Gasteiger partial charge in [0.05, 0.1) is 5.52 Å². The standard InChI is InChI=1S/C24H27N3O2/c25-14-20-22(12-16-6-4-5-7-16)27-21-11-10-18(29-15-23(26)28)13-19(21)24(20)17-8-2-1-3-9-17/h1-3,8-11,13,16H,4-7,12,14-15,25H2,(H2,26,28). The van der Waals surface area contributed by atoms with Crippen LogP contribution in [0.5, 0.6) is 5.75 Å². The molecular formula is C24H27N3O2. The molecule has 0 bridgehead atoms. The number of carbonyl (C=O) groups excluding carboxylic acids is 1. The Morgan fingerprint density at radius 1 is 1.10 bits per heavy atom. The minimum Gasteiger partial charge on any atom is -0.484 e. The summed E-state index contributed by atoms with van der Waals surface area (Å²) in [7, 11) is 0. The summed E-state index contributed by atoms with van der Waals surface area (Å²) in [6, 6.07) is 16.0. The van der Waals surface area contributed by atoms with Crippen molar-refractivity contribution in [1.82, 2.24) is 4.98 Å². The number of pyridine rings is 1. The Labute approximate surface area is 171 Å². The van der Waals surface area contributed by atoms with E-state index in [4.69, 9.17) is 21.2 Å². The molecule has 150 valence electrons. The zero-order chi connectivity index (χ0) is 20.2. The van der Waals surface area contributed by atoms with Crippen molar-refractivity contribution in [2.75, 3.05) is 6.61 Å². The van der Waals surface area contributed by atoms with Crippen molar-refractivity contribution >= 4 is 16.8 Å². The zero-order valence-electron chi connectivity index (χ0n) is 16.6. The Hall–Kier alpha value is -2.92. The number of benzene rings is 2. The van der Waals surface area contributed by atoms with Crippen LogP contribution in [0.1, 0.15) is 36.9 Å². The van der Waals surface area contributed by atoms with Gasteiger partial charge in [-0.15, -0.1) is 0 Å². The smallest absolute Gasteiger partial charge is 0.255 e. The number of hydrogen-bond donors (Lipinski definition) is 2. The third-order valence-electron chi connectivity index (χ3n) is 5.75. The van der Waals surface area contributed by atoms with Crippen LogP contribution in [0.2, 0.25) is 0 Å². The highest BCUT2D eigenvalue weighted by Gasteiger charge is 2.21. The van der Waals surface area contributed by atoms with Crippen molar-refractivity contribution in [2.24, 2.45) is 17.4 Å². The van der Waals surface area contributed by atoms with Crippen LogP contribution in [0.3, 0.4) is 0 Å². The molecule has 3 aromatic rings. The molecule has 4 rings (SSSR count). The summed E-state index contributed by atoms with van der Waals surface area (Å²) in [5, 5.41) is 0.980. The average Bonchev–Trinajstić information content (AvgIpc) is 3.25. The lowest BCUT2D eigenvalue weighted by atomic mass is 9.90. The van der Waals surface area contributed by atoms with Crippen LogP contribution in [0.25, 0.3) is 22.0 Å². The van der Waals surface area contributed by atoms with Crippen molar-refractivity contribution < 1.29 is 9.53 Å². The van der Waals surface area contributed by atoms with E-state index in [0.29, 0.717) is 18.2 Å². The van der Waals surface area contributed by atoms with Gasteiger partial charge < -0.3 is 16.2 Å². The highest BCUT2D eigenvalue weighted by atomic mass is 16.5. The largest absolute Gasteiger partial charge is 0.484 e. The fourth-order valence-corrected chi connectivity index (χ4v) is 4.39. The topological polar surface area (TPSA) is 91.2 Å². The Bertz CT molecular complexity index is 1010. The van der Waals surface area contributed by atoms with Gasteiger partial charge in [0, 0.05) is 17.6 Å². The Morgan fingerprint density at radius 2 is 1.86 bits per heavy atom. The van der Waals surface area contributed by atoms with Crippen molar-refractivity contribution in [1.29, 1.82) is 0 Å². The first kappa shape index (κ1) is 19.4. The first-order valence-corrected chi connectivity index (χ1v) is 10.3. The van der Waals surface area contributed by atoms with Crippen molar-refractivity contribution in [3.63, 3.8) is 0 Å². The maximum atomic E-state index is 11.1. The predicted molar refractivity (Wildman–Crippen MR) is 115 cm³/mol. The van der Waals surface area contributed by atoms with Crippen molar-refractivity contribution in [2.45, 2.75) is 38.6 Å². The summed E-state index contributed by atoms with van der Waals surface area (Å²) in [4.78, 5) is 16.1. The van der Waals surface area contributed by atoms with Crippen molar-refractivity contribution in [3.8, 4) is 16.9 Å². The zero-order valence-corrected chi connectivity index (χ0v) is 16.6. The van der Waals surface area contributed by atoms with Gasteiger partial charge in [0.15, 0.2) is 6.61 Å². The predicted octanol–water partition coefficient (Wildman–Crippen LogP) is 3.96. The molecule has 0 saturated heterocycles. The molecule has 0 aliphatic heterocycles. The van der Waals surface area contributed by atoms with E-state index in [0.717, 1.165) is 39.7 Å². The maximum Gasteiger partial charge on any atom is 0.255 e. The van der Waals surface area contributed by atoms with Crippen LogP contribution >= 0.6 is 0 Å². The molecule has 0 spiro atoms. The van der Waals surface area contributed by atoms with E-state index in [2.05, 4.69) is 12.1 Å². The van der Waals surface area contributed by atoms with Crippen LogP contribution in [-0.2, 0) is 17.8 Å². The molecule has 1 aliphatic carbocycles. The number of nitrogens with zero attached hydrogens (tertiary/aromatic N) is 1. The fourth-order valence-electron chi connectivity index (χ4n) is 4.39. The number of carbonyl (C=O) groups is 1. The molecule has 29 heavy (non-hydrogen) atoms. The summed E-state index contributed by atoms with van der Waals surface area (Å²) >= 11 is 0. The van der Waals surface area contributed by atoms with E-state index in [1.54, 1.807) is 0 Å². The molecule has 0 radical (unpaired) electrons. The second kappa shape index (κ2) is 8.62. The van der Waals surface area contributed by atoms with E-state index in [9.17, 15) is 4.79 Å². The number of rotatable bonds is 7. The lowest BCUT2D eigenvalue weighted by Crippen LogP contribution is -2.20. The first-order chi connectivity index (χ1) is 14.2. The number of aromatic nitrogens is 1. The maximum absolute atomic E-state index is 11.1. The molecule has 0 atom stereocenters. The lowest BCUT2D eigenvalue weighted by molar-refractivity contribution is -0.119. The van der Waals surface area contributed by atoms with Crippen LogP contribution in [0, 0.1) is 5.92 Å². The molecular weight excluding hydrogens is 362 g/mol. The minimum absolute atomic E-state index is 0.150. The van der Waals surface area contributed by atoms with Crippen molar-refractivity contribution in [3.05, 3.63) is 59.8 Å². The second-order valence-corrected chi connectivity index (χ2v) is 7.77. The summed E-state index contributed by atoms with van der Waals surface area (Å²) in [5.74, 6) is 0.787. The molecule has 1 aliphatic rings. The molecule has 1 fully saturated rings. The van der Waals surface area contributed by atoms with Gasteiger partial charge in [-0.2, -0.15) is 0 Å². The SMILES string of the molecule is NCc1c(CC2CCCC2)nc2ccc(OCC(N)=O)cc2c1-c1ccccc1. The van der Waals surface area contributed by atoms with Gasteiger partial charge in [0.2, 0.25) is 0 Å². The van der Waals surface area contributed by atoms with Crippen LogP contribution in [0.4, 0.5) is 0 Å². The van der Waals surface area contributed by atoms with E-state index in [-0.39, 0.29) is 6.61 Å². The van der Waals surface area contributed by atoms with E-state index in [1.165, 1.54) is 25.7 Å². The number of amides is 1. The molecule has 1 amide bonds. The summed E-state index contributed by atoms with van der Waals surface area (Å²) < 4.78 is 5.54.